The molecule has 0 radical (unpaired) electrons. The minimum Gasteiger partial charge on any atom is -0.350 e. The largest absolute Gasteiger partial charge is 0.350 e. The van der Waals surface area contributed by atoms with Gasteiger partial charge >= 0.3 is 6.03 Å². The first-order valence-electron chi connectivity index (χ1n) is 8.71. The minimum absolute atomic E-state index is 0.0637. The minimum atomic E-state index is -0.803. The highest BCUT2D eigenvalue weighted by Gasteiger charge is 2.20. The monoisotopic (exact) mass is 376 g/mol. The number of urea groups is 1. The summed E-state index contributed by atoms with van der Waals surface area (Å²) in [6, 6.07) is 16.7. The molecule has 1 aliphatic heterocycles. The van der Waals surface area contributed by atoms with Crippen LogP contribution in [0.15, 0.2) is 84.7 Å². The van der Waals surface area contributed by atoms with Gasteiger partial charge in [0.2, 0.25) is 0 Å². The Labute approximate surface area is 162 Å². The molecule has 7 heteroatoms. The maximum atomic E-state index is 12.6. The number of primary amides is 1. The number of ketones is 1. The number of anilines is 1. The molecule has 0 saturated carbocycles. The van der Waals surface area contributed by atoms with E-state index >= 15 is 0 Å². The van der Waals surface area contributed by atoms with Gasteiger partial charge in [0.05, 0.1) is 12.2 Å². The zero-order chi connectivity index (χ0) is 19.9. The first kappa shape index (κ1) is 18.9. The lowest BCUT2D eigenvalue weighted by molar-refractivity contribution is -0.117. The average Bonchev–Trinajstić information content (AvgIpc) is 2.73. The number of hydrogen-bond donors (Lipinski definition) is 2. The van der Waals surface area contributed by atoms with E-state index in [1.807, 2.05) is 6.07 Å². The van der Waals surface area contributed by atoms with Crippen LogP contribution in [-0.4, -0.2) is 29.2 Å². The Morgan fingerprint density at radius 2 is 1.64 bits per heavy atom. The van der Waals surface area contributed by atoms with Crippen molar-refractivity contribution < 1.29 is 14.4 Å². The van der Waals surface area contributed by atoms with Crippen molar-refractivity contribution in [2.45, 2.75) is 6.42 Å². The number of rotatable bonds is 5. The van der Waals surface area contributed by atoms with Gasteiger partial charge in [0.25, 0.3) is 5.91 Å². The summed E-state index contributed by atoms with van der Waals surface area (Å²) in [6.07, 6.45) is 5.51. The van der Waals surface area contributed by atoms with Gasteiger partial charge in [-0.2, -0.15) is 0 Å². The van der Waals surface area contributed by atoms with E-state index in [0.717, 1.165) is 5.01 Å². The molecule has 0 spiro atoms. The van der Waals surface area contributed by atoms with Crippen LogP contribution >= 0.6 is 0 Å². The van der Waals surface area contributed by atoms with Crippen LogP contribution in [0.1, 0.15) is 16.8 Å². The Kier molecular flexibility index (Phi) is 5.86. The van der Waals surface area contributed by atoms with E-state index < -0.39 is 11.9 Å². The van der Waals surface area contributed by atoms with E-state index in [2.05, 4.69) is 5.43 Å². The fraction of sp³-hybridized carbons (Fsp3) is 0.0952. The number of carbonyl (C=O) groups is 3. The third-order valence-electron chi connectivity index (χ3n) is 4.12. The third-order valence-corrected chi connectivity index (χ3v) is 4.12. The highest BCUT2D eigenvalue weighted by Crippen LogP contribution is 2.15. The van der Waals surface area contributed by atoms with Crippen LogP contribution in [0.2, 0.25) is 0 Å². The zero-order valence-electron chi connectivity index (χ0n) is 15.1. The number of nitrogens with two attached hydrogens (primary N) is 1. The van der Waals surface area contributed by atoms with Gasteiger partial charge in [-0.25, -0.2) is 9.80 Å². The lowest BCUT2D eigenvalue weighted by Crippen LogP contribution is -2.49. The number of benzene rings is 2. The molecule has 2 aromatic rings. The van der Waals surface area contributed by atoms with Crippen LogP contribution in [0.4, 0.5) is 10.5 Å². The summed E-state index contributed by atoms with van der Waals surface area (Å²) in [5.41, 5.74) is 9.36. The molecule has 1 heterocycles. The van der Waals surface area contributed by atoms with Crippen molar-refractivity contribution in [3.05, 3.63) is 90.3 Å². The van der Waals surface area contributed by atoms with Crippen molar-refractivity contribution in [3.63, 3.8) is 0 Å². The zero-order valence-corrected chi connectivity index (χ0v) is 15.1. The molecular weight excluding hydrogens is 356 g/mol. The summed E-state index contributed by atoms with van der Waals surface area (Å²) in [5.74, 6) is -0.532. The van der Waals surface area contributed by atoms with Gasteiger partial charge in [0.1, 0.15) is 0 Å². The summed E-state index contributed by atoms with van der Waals surface area (Å²) in [4.78, 5) is 38.4. The molecule has 0 aliphatic carbocycles. The smallest absolute Gasteiger partial charge is 0.338 e. The summed E-state index contributed by atoms with van der Waals surface area (Å²) >= 11 is 0. The Hall–Kier alpha value is -3.87. The number of para-hydroxylation sites is 1. The third kappa shape index (κ3) is 4.64. The molecule has 142 valence electrons. The normalized spacial score (nSPS) is 12.9. The lowest BCUT2D eigenvalue weighted by atomic mass is 10.1. The molecular formula is C21H20N4O3. The topological polar surface area (TPSA) is 95.7 Å². The quantitative estimate of drug-likeness (QED) is 0.619. The van der Waals surface area contributed by atoms with Crippen molar-refractivity contribution in [1.29, 1.82) is 0 Å². The van der Waals surface area contributed by atoms with E-state index in [0.29, 0.717) is 23.2 Å². The number of Topliss-reactive ketones (excluding diaryl/α,β-unsaturated/α-hetero) is 1. The van der Waals surface area contributed by atoms with Crippen LogP contribution in [0, 0.1) is 0 Å². The maximum absolute atomic E-state index is 12.6. The number of nitrogens with one attached hydrogen (secondary N) is 1. The fourth-order valence-corrected chi connectivity index (χ4v) is 2.74. The van der Waals surface area contributed by atoms with E-state index in [1.54, 1.807) is 78.0 Å². The van der Waals surface area contributed by atoms with Gasteiger partial charge in [-0.3, -0.25) is 15.0 Å². The van der Waals surface area contributed by atoms with Crippen molar-refractivity contribution in [3.8, 4) is 0 Å². The number of hydrogen-bond acceptors (Lipinski definition) is 4. The van der Waals surface area contributed by atoms with Crippen molar-refractivity contribution in [1.82, 2.24) is 10.3 Å². The van der Waals surface area contributed by atoms with Crippen LogP contribution in [0.5, 0.6) is 0 Å². The van der Waals surface area contributed by atoms with Crippen LogP contribution in [-0.2, 0) is 4.79 Å². The Morgan fingerprint density at radius 1 is 1.00 bits per heavy atom. The number of hydrazine groups is 1. The molecule has 2 aromatic carbocycles. The Morgan fingerprint density at radius 3 is 2.29 bits per heavy atom. The average molecular weight is 376 g/mol. The standard InChI is InChI=1S/C21H20N4O3/c22-21(28)25(18-11-5-2-6-12-18)23-20(27)17-10-7-13-24(14-17)15-19(26)16-8-3-1-4-9-16/h1-9,11-14H,10,15H2,(H2,22,28)(H,23,27). The van der Waals surface area contributed by atoms with Gasteiger partial charge in [0, 0.05) is 23.5 Å². The first-order chi connectivity index (χ1) is 13.5. The van der Waals surface area contributed by atoms with Crippen LogP contribution < -0.4 is 16.2 Å². The summed E-state index contributed by atoms with van der Waals surface area (Å²) < 4.78 is 0. The Bertz CT molecular complexity index is 923. The van der Waals surface area contributed by atoms with Gasteiger partial charge in [-0.05, 0) is 18.6 Å². The second-order valence-electron chi connectivity index (χ2n) is 6.15. The molecule has 0 aromatic heterocycles. The fourth-order valence-electron chi connectivity index (χ4n) is 2.74. The van der Waals surface area contributed by atoms with E-state index in [1.165, 1.54) is 0 Å². The molecule has 3 rings (SSSR count). The highest BCUT2D eigenvalue weighted by atomic mass is 16.2. The molecule has 28 heavy (non-hydrogen) atoms. The summed E-state index contributed by atoms with van der Waals surface area (Å²) in [7, 11) is 0. The number of amides is 3. The number of carbonyl (C=O) groups excluding carboxylic acids is 3. The lowest BCUT2D eigenvalue weighted by Gasteiger charge is -2.24. The SMILES string of the molecule is NC(=O)N(NC(=O)C1=CN(CC(=O)c2ccccc2)C=CC1)c1ccccc1. The van der Waals surface area contributed by atoms with Gasteiger partial charge in [-0.1, -0.05) is 54.6 Å². The summed E-state index contributed by atoms with van der Waals surface area (Å²) in [6.45, 7) is 0.107. The molecule has 7 nitrogen and oxygen atoms in total. The second kappa shape index (κ2) is 8.68. The van der Waals surface area contributed by atoms with Crippen LogP contribution in [0.25, 0.3) is 0 Å². The van der Waals surface area contributed by atoms with Gasteiger partial charge in [0.15, 0.2) is 5.78 Å². The summed E-state index contributed by atoms with van der Waals surface area (Å²) in [5, 5.41) is 0.987. The molecule has 1 aliphatic rings. The molecule has 0 fully saturated rings. The molecule has 0 unspecified atom stereocenters. The van der Waals surface area contributed by atoms with Crippen molar-refractivity contribution in [2.24, 2.45) is 5.73 Å². The molecule has 0 atom stereocenters. The van der Waals surface area contributed by atoms with Crippen molar-refractivity contribution in [2.75, 3.05) is 11.6 Å². The predicted octanol–water partition coefficient (Wildman–Crippen LogP) is 2.59. The number of nitrogens with zero attached hydrogens (tertiary/aromatic N) is 2. The van der Waals surface area contributed by atoms with Crippen LogP contribution in [0.3, 0.4) is 0 Å². The highest BCUT2D eigenvalue weighted by molar-refractivity contribution is 6.01. The maximum Gasteiger partial charge on any atom is 0.338 e. The molecule has 3 amide bonds. The molecule has 0 bridgehead atoms. The van der Waals surface area contributed by atoms with Gasteiger partial charge < -0.3 is 10.6 Å². The van der Waals surface area contributed by atoms with Crippen molar-refractivity contribution >= 4 is 23.4 Å². The molecule has 3 N–H and O–H groups in total. The van der Waals surface area contributed by atoms with Gasteiger partial charge in [-0.15, -0.1) is 0 Å². The predicted molar refractivity (Wildman–Crippen MR) is 106 cm³/mol. The Balaban J connectivity index is 1.69. The second-order valence-corrected chi connectivity index (χ2v) is 6.15. The van der Waals surface area contributed by atoms with E-state index in [9.17, 15) is 14.4 Å². The number of allylic oxidation sites excluding steroid dienone is 1. The van der Waals surface area contributed by atoms with E-state index in [-0.39, 0.29) is 12.3 Å². The first-order valence-corrected chi connectivity index (χ1v) is 8.71. The van der Waals surface area contributed by atoms with E-state index in [4.69, 9.17) is 5.73 Å². The molecule has 0 saturated heterocycles.